The van der Waals surface area contributed by atoms with Crippen molar-refractivity contribution < 1.29 is 0 Å². The molecule has 1 aromatic rings. The van der Waals surface area contributed by atoms with Crippen LogP contribution in [0.4, 0.5) is 0 Å². The molecule has 0 unspecified atom stereocenters. The minimum atomic E-state index is 0.0922. The van der Waals surface area contributed by atoms with E-state index in [1.54, 1.807) is 6.20 Å². The van der Waals surface area contributed by atoms with Gasteiger partial charge in [0.05, 0.1) is 12.2 Å². The lowest BCUT2D eigenvalue weighted by Crippen LogP contribution is -2.22. The van der Waals surface area contributed by atoms with Crippen LogP contribution in [0.1, 0.15) is 5.69 Å². The molecule has 0 saturated carbocycles. The predicted molar refractivity (Wildman–Crippen MR) is 38.1 cm³/mol. The zero-order valence-electron chi connectivity index (χ0n) is 5.41. The predicted octanol–water partition coefficient (Wildman–Crippen LogP) is -0.817. The number of aromatic amines is 1. The highest BCUT2D eigenvalue weighted by Crippen LogP contribution is 1.92. The molecule has 0 bridgehead atoms. The Morgan fingerprint density at radius 2 is 2.50 bits per heavy atom. The minimum Gasteiger partial charge on any atom is -0.370 e. The summed E-state index contributed by atoms with van der Waals surface area (Å²) in [5.74, 6) is 0.0922. The van der Waals surface area contributed by atoms with Crippen molar-refractivity contribution in [3.63, 3.8) is 0 Å². The fourth-order valence-corrected chi connectivity index (χ4v) is 0.549. The van der Waals surface area contributed by atoms with Gasteiger partial charge in [0.1, 0.15) is 0 Å². The van der Waals surface area contributed by atoms with Crippen LogP contribution in [0.3, 0.4) is 0 Å². The van der Waals surface area contributed by atoms with Gasteiger partial charge in [-0.25, -0.2) is 4.99 Å². The van der Waals surface area contributed by atoms with Gasteiger partial charge in [0.25, 0.3) is 0 Å². The highest BCUT2D eigenvalue weighted by atomic mass is 15.1. The first-order valence-corrected chi connectivity index (χ1v) is 2.82. The number of H-pyrrole nitrogens is 1. The van der Waals surface area contributed by atoms with Crippen LogP contribution in [-0.4, -0.2) is 16.2 Å². The normalized spacial score (nSPS) is 9.20. The van der Waals surface area contributed by atoms with E-state index in [-0.39, 0.29) is 5.96 Å². The SMILES string of the molecule is NC(N)=NCc1ccn[nH]1. The van der Waals surface area contributed by atoms with Crippen molar-refractivity contribution in [2.24, 2.45) is 16.5 Å². The summed E-state index contributed by atoms with van der Waals surface area (Å²) in [6, 6.07) is 1.81. The van der Waals surface area contributed by atoms with E-state index in [0.717, 1.165) is 5.69 Å². The van der Waals surface area contributed by atoms with Crippen molar-refractivity contribution in [2.45, 2.75) is 6.54 Å². The van der Waals surface area contributed by atoms with Crippen molar-refractivity contribution in [1.29, 1.82) is 0 Å². The first-order valence-electron chi connectivity index (χ1n) is 2.82. The Morgan fingerprint density at radius 1 is 1.70 bits per heavy atom. The molecule has 0 aromatic carbocycles. The molecule has 1 rings (SSSR count). The third kappa shape index (κ3) is 1.77. The van der Waals surface area contributed by atoms with Gasteiger partial charge in [0.15, 0.2) is 5.96 Å². The standard InChI is InChI=1S/C5H9N5/c6-5(7)8-3-4-1-2-9-10-4/h1-2H,3H2,(H,9,10)(H4,6,7,8). The van der Waals surface area contributed by atoms with Crippen molar-refractivity contribution in [3.8, 4) is 0 Å². The van der Waals surface area contributed by atoms with Crippen LogP contribution in [-0.2, 0) is 6.54 Å². The van der Waals surface area contributed by atoms with Gasteiger partial charge in [-0.1, -0.05) is 0 Å². The maximum atomic E-state index is 5.10. The van der Waals surface area contributed by atoms with Crippen molar-refractivity contribution >= 4 is 5.96 Å². The number of hydrogen-bond donors (Lipinski definition) is 3. The molecule has 0 aliphatic rings. The van der Waals surface area contributed by atoms with Gasteiger partial charge in [-0.2, -0.15) is 5.10 Å². The molecule has 1 aromatic heterocycles. The van der Waals surface area contributed by atoms with E-state index in [2.05, 4.69) is 15.2 Å². The number of guanidine groups is 1. The molecule has 5 nitrogen and oxygen atoms in total. The first-order chi connectivity index (χ1) is 4.79. The average molecular weight is 139 g/mol. The lowest BCUT2D eigenvalue weighted by atomic mass is 10.4. The Balaban J connectivity index is 2.49. The Morgan fingerprint density at radius 3 is 3.00 bits per heavy atom. The van der Waals surface area contributed by atoms with Gasteiger partial charge in [0, 0.05) is 6.20 Å². The average Bonchev–Trinajstić information content (AvgIpc) is 2.34. The van der Waals surface area contributed by atoms with Crippen LogP contribution < -0.4 is 11.5 Å². The van der Waals surface area contributed by atoms with E-state index >= 15 is 0 Å². The quantitative estimate of drug-likeness (QED) is 0.369. The highest BCUT2D eigenvalue weighted by molar-refractivity contribution is 5.75. The third-order valence-electron chi connectivity index (χ3n) is 0.990. The topological polar surface area (TPSA) is 93.1 Å². The summed E-state index contributed by atoms with van der Waals surface area (Å²) in [5.41, 5.74) is 11.1. The fraction of sp³-hybridized carbons (Fsp3) is 0.200. The van der Waals surface area contributed by atoms with Gasteiger partial charge in [-0.15, -0.1) is 0 Å². The summed E-state index contributed by atoms with van der Waals surface area (Å²) < 4.78 is 0. The van der Waals surface area contributed by atoms with Crippen molar-refractivity contribution in [1.82, 2.24) is 10.2 Å². The van der Waals surface area contributed by atoms with Gasteiger partial charge in [0.2, 0.25) is 0 Å². The molecule has 0 atom stereocenters. The molecule has 1 heterocycles. The van der Waals surface area contributed by atoms with E-state index in [0.29, 0.717) is 6.54 Å². The molecule has 0 amide bonds. The summed E-state index contributed by atoms with van der Waals surface area (Å²) >= 11 is 0. The fourth-order valence-electron chi connectivity index (χ4n) is 0.549. The lowest BCUT2D eigenvalue weighted by Gasteiger charge is -1.89. The van der Waals surface area contributed by atoms with Gasteiger partial charge in [-0.3, -0.25) is 5.10 Å². The van der Waals surface area contributed by atoms with Crippen LogP contribution in [0.5, 0.6) is 0 Å². The zero-order valence-corrected chi connectivity index (χ0v) is 5.41. The van der Waals surface area contributed by atoms with Gasteiger partial charge in [-0.05, 0) is 6.07 Å². The zero-order chi connectivity index (χ0) is 7.40. The summed E-state index contributed by atoms with van der Waals surface area (Å²) in [5, 5.41) is 6.45. The number of nitrogens with one attached hydrogen (secondary N) is 1. The van der Waals surface area contributed by atoms with Crippen LogP contribution in [0.15, 0.2) is 17.3 Å². The Bertz CT molecular complexity index is 208. The molecule has 5 heteroatoms. The number of nitrogens with two attached hydrogens (primary N) is 2. The minimum absolute atomic E-state index is 0.0922. The number of aliphatic imine (C=N–C) groups is 1. The van der Waals surface area contributed by atoms with E-state index in [1.165, 1.54) is 0 Å². The van der Waals surface area contributed by atoms with Crippen LogP contribution in [0.25, 0.3) is 0 Å². The Hall–Kier alpha value is -1.52. The van der Waals surface area contributed by atoms with E-state index in [1.807, 2.05) is 6.07 Å². The summed E-state index contributed by atoms with van der Waals surface area (Å²) in [6.45, 7) is 0.461. The number of aromatic nitrogens is 2. The maximum absolute atomic E-state index is 5.10. The molecule has 0 radical (unpaired) electrons. The summed E-state index contributed by atoms with van der Waals surface area (Å²) in [4.78, 5) is 3.77. The Kier molecular flexibility index (Phi) is 1.89. The van der Waals surface area contributed by atoms with E-state index in [9.17, 15) is 0 Å². The van der Waals surface area contributed by atoms with Gasteiger partial charge >= 0.3 is 0 Å². The van der Waals surface area contributed by atoms with Crippen LogP contribution >= 0.6 is 0 Å². The summed E-state index contributed by atoms with van der Waals surface area (Å²) in [7, 11) is 0. The molecule has 5 N–H and O–H groups in total. The molecule has 10 heavy (non-hydrogen) atoms. The Labute approximate surface area is 58.1 Å². The highest BCUT2D eigenvalue weighted by Gasteiger charge is 1.88. The molecule has 0 fully saturated rings. The van der Waals surface area contributed by atoms with E-state index < -0.39 is 0 Å². The molecular formula is C5H9N5. The largest absolute Gasteiger partial charge is 0.370 e. The van der Waals surface area contributed by atoms with Crippen molar-refractivity contribution in [3.05, 3.63) is 18.0 Å². The molecule has 0 saturated heterocycles. The number of rotatable bonds is 2. The van der Waals surface area contributed by atoms with E-state index in [4.69, 9.17) is 11.5 Å². The van der Waals surface area contributed by atoms with Crippen LogP contribution in [0, 0.1) is 0 Å². The van der Waals surface area contributed by atoms with Crippen LogP contribution in [0.2, 0.25) is 0 Å². The second-order valence-corrected chi connectivity index (χ2v) is 1.82. The first kappa shape index (κ1) is 6.60. The number of nitrogens with zero attached hydrogens (tertiary/aromatic N) is 2. The third-order valence-corrected chi connectivity index (χ3v) is 0.990. The molecule has 0 aliphatic heterocycles. The lowest BCUT2D eigenvalue weighted by molar-refractivity contribution is 0.943. The number of hydrogen-bond acceptors (Lipinski definition) is 2. The summed E-state index contributed by atoms with van der Waals surface area (Å²) in [6.07, 6.45) is 1.65. The second-order valence-electron chi connectivity index (χ2n) is 1.82. The molecule has 0 aliphatic carbocycles. The molecular weight excluding hydrogens is 130 g/mol. The molecule has 54 valence electrons. The molecule has 0 spiro atoms. The monoisotopic (exact) mass is 139 g/mol. The maximum Gasteiger partial charge on any atom is 0.186 e. The van der Waals surface area contributed by atoms with Crippen molar-refractivity contribution in [2.75, 3.05) is 0 Å². The smallest absolute Gasteiger partial charge is 0.186 e. The van der Waals surface area contributed by atoms with Gasteiger partial charge < -0.3 is 11.5 Å². The second kappa shape index (κ2) is 2.86.